The zero-order valence-electron chi connectivity index (χ0n) is 11.0. The highest BCUT2D eigenvalue weighted by Crippen LogP contribution is 2.41. The zero-order valence-corrected chi connectivity index (χ0v) is 12.6. The molecule has 2 heterocycles. The summed E-state index contributed by atoms with van der Waals surface area (Å²) in [5.41, 5.74) is 0.221. The van der Waals surface area contributed by atoms with E-state index in [-0.39, 0.29) is 10.8 Å². The van der Waals surface area contributed by atoms with Crippen LogP contribution in [0.2, 0.25) is 0 Å². The minimum Gasteiger partial charge on any atom is -0.378 e. The van der Waals surface area contributed by atoms with Crippen LogP contribution in [0.25, 0.3) is 0 Å². The van der Waals surface area contributed by atoms with E-state index in [1.54, 1.807) is 0 Å². The van der Waals surface area contributed by atoms with E-state index in [9.17, 15) is 0 Å². The summed E-state index contributed by atoms with van der Waals surface area (Å²) >= 11 is 8.42. The molecule has 0 aromatic carbocycles. The summed E-state index contributed by atoms with van der Waals surface area (Å²) in [6.45, 7) is 9.66. The van der Waals surface area contributed by atoms with E-state index >= 15 is 0 Å². The summed E-state index contributed by atoms with van der Waals surface area (Å²) in [7, 11) is 0. The first kappa shape index (κ1) is 13.4. The Morgan fingerprint density at radius 2 is 2.12 bits per heavy atom. The lowest BCUT2D eigenvalue weighted by Gasteiger charge is -2.17. The molecule has 0 N–H and O–H groups in total. The smallest absolute Gasteiger partial charge is 0.0729 e. The Hall–Kier alpha value is -0.0500. The van der Waals surface area contributed by atoms with Gasteiger partial charge in [0, 0.05) is 15.7 Å². The normalized spacial score (nSPS) is 27.4. The van der Waals surface area contributed by atoms with Gasteiger partial charge in [-0.25, -0.2) is 0 Å². The van der Waals surface area contributed by atoms with Crippen LogP contribution in [0.15, 0.2) is 12.1 Å². The Kier molecular flexibility index (Phi) is 3.86. The molecule has 0 spiro atoms. The number of ether oxygens (including phenoxy) is 1. The minimum atomic E-state index is 0.112. The lowest BCUT2D eigenvalue weighted by Crippen LogP contribution is -2.08. The van der Waals surface area contributed by atoms with Crippen molar-refractivity contribution in [3.63, 3.8) is 0 Å². The Morgan fingerprint density at radius 1 is 1.41 bits per heavy atom. The average Bonchev–Trinajstić information content (AvgIpc) is 2.83. The Bertz CT molecular complexity index is 380. The second kappa shape index (κ2) is 4.91. The van der Waals surface area contributed by atoms with Crippen molar-refractivity contribution in [3.8, 4) is 0 Å². The van der Waals surface area contributed by atoms with Crippen molar-refractivity contribution in [2.24, 2.45) is 5.92 Å². The summed E-state index contributed by atoms with van der Waals surface area (Å²) in [5, 5.41) is 0.112. The second-order valence-corrected chi connectivity index (χ2v) is 7.58. The molecule has 1 nitrogen and oxygen atoms in total. The van der Waals surface area contributed by atoms with Gasteiger partial charge >= 0.3 is 0 Å². The van der Waals surface area contributed by atoms with Gasteiger partial charge in [0.2, 0.25) is 0 Å². The molecule has 0 bridgehead atoms. The SMILES string of the molecule is CC1CC(C(Cl)c2ccc(C(C)(C)C)s2)CO1. The van der Waals surface area contributed by atoms with Gasteiger partial charge in [0.05, 0.1) is 18.1 Å². The highest BCUT2D eigenvalue weighted by molar-refractivity contribution is 7.12. The predicted octanol–water partition coefficient (Wildman–Crippen LogP) is 4.75. The topological polar surface area (TPSA) is 9.23 Å². The summed E-state index contributed by atoms with van der Waals surface area (Å²) < 4.78 is 5.60. The van der Waals surface area contributed by atoms with Gasteiger partial charge in [0.15, 0.2) is 0 Å². The van der Waals surface area contributed by atoms with Gasteiger partial charge in [-0.3, -0.25) is 0 Å². The molecule has 2 rings (SSSR count). The predicted molar refractivity (Wildman–Crippen MR) is 75.1 cm³/mol. The molecular formula is C14H21ClOS. The van der Waals surface area contributed by atoms with E-state index < -0.39 is 0 Å². The van der Waals surface area contributed by atoms with Crippen molar-refractivity contribution in [2.45, 2.75) is 51.0 Å². The summed E-state index contributed by atoms with van der Waals surface area (Å²) in [4.78, 5) is 2.70. The molecule has 3 heteroatoms. The minimum absolute atomic E-state index is 0.112. The lowest BCUT2D eigenvalue weighted by atomic mass is 9.95. The number of hydrogen-bond donors (Lipinski definition) is 0. The highest BCUT2D eigenvalue weighted by Gasteiger charge is 2.30. The number of thiophene rings is 1. The molecule has 1 fully saturated rings. The summed E-state index contributed by atoms with van der Waals surface area (Å²) in [5.74, 6) is 0.470. The zero-order chi connectivity index (χ0) is 12.6. The summed E-state index contributed by atoms with van der Waals surface area (Å²) in [6.07, 6.45) is 1.44. The van der Waals surface area contributed by atoms with Crippen molar-refractivity contribution < 1.29 is 4.74 Å². The van der Waals surface area contributed by atoms with Gasteiger partial charge < -0.3 is 4.74 Å². The van der Waals surface area contributed by atoms with Crippen LogP contribution in [0.4, 0.5) is 0 Å². The number of halogens is 1. The van der Waals surface area contributed by atoms with E-state index in [0.29, 0.717) is 12.0 Å². The fraction of sp³-hybridized carbons (Fsp3) is 0.714. The van der Waals surface area contributed by atoms with Crippen molar-refractivity contribution in [1.82, 2.24) is 0 Å². The molecule has 0 amide bonds. The summed E-state index contributed by atoms with van der Waals surface area (Å²) in [6, 6.07) is 4.40. The standard InChI is InChI=1S/C14H21ClOS/c1-9-7-10(8-16-9)13(15)11-5-6-12(17-11)14(2,3)4/h5-6,9-10,13H,7-8H2,1-4H3. The van der Waals surface area contributed by atoms with Gasteiger partial charge in [-0.05, 0) is 30.9 Å². The third-order valence-corrected chi connectivity index (χ3v) is 5.60. The molecule has 3 atom stereocenters. The van der Waals surface area contributed by atoms with Crippen molar-refractivity contribution >= 4 is 22.9 Å². The largest absolute Gasteiger partial charge is 0.378 e. The van der Waals surface area contributed by atoms with Gasteiger partial charge in [-0.2, -0.15) is 0 Å². The molecule has 0 saturated carbocycles. The maximum atomic E-state index is 6.57. The first-order valence-electron chi connectivity index (χ1n) is 6.24. The van der Waals surface area contributed by atoms with Crippen molar-refractivity contribution in [2.75, 3.05) is 6.61 Å². The molecule has 0 radical (unpaired) electrons. The Morgan fingerprint density at radius 3 is 2.59 bits per heavy atom. The van der Waals surface area contributed by atoms with Crippen molar-refractivity contribution in [1.29, 1.82) is 0 Å². The van der Waals surface area contributed by atoms with E-state index in [4.69, 9.17) is 16.3 Å². The number of hydrogen-bond acceptors (Lipinski definition) is 2. The quantitative estimate of drug-likeness (QED) is 0.706. The van der Waals surface area contributed by atoms with Crippen molar-refractivity contribution in [3.05, 3.63) is 21.9 Å². The molecular weight excluding hydrogens is 252 g/mol. The van der Waals surface area contributed by atoms with Crippen LogP contribution >= 0.6 is 22.9 Å². The van der Waals surface area contributed by atoms with Gasteiger partial charge in [0.25, 0.3) is 0 Å². The van der Waals surface area contributed by atoms with E-state index in [1.165, 1.54) is 9.75 Å². The molecule has 1 aliphatic rings. The Balaban J connectivity index is 2.09. The maximum absolute atomic E-state index is 6.57. The molecule has 1 aromatic heterocycles. The van der Waals surface area contributed by atoms with E-state index in [0.717, 1.165) is 13.0 Å². The maximum Gasteiger partial charge on any atom is 0.0729 e. The van der Waals surface area contributed by atoms with Crippen LogP contribution in [0.1, 0.15) is 49.2 Å². The first-order valence-corrected chi connectivity index (χ1v) is 7.49. The third kappa shape index (κ3) is 3.04. The molecule has 1 aliphatic heterocycles. The van der Waals surface area contributed by atoms with Crippen LogP contribution in [0.5, 0.6) is 0 Å². The molecule has 0 aliphatic carbocycles. The monoisotopic (exact) mass is 272 g/mol. The molecule has 1 saturated heterocycles. The van der Waals surface area contributed by atoms with Crippen LogP contribution in [0.3, 0.4) is 0 Å². The average molecular weight is 273 g/mol. The van der Waals surface area contributed by atoms with E-state index in [1.807, 2.05) is 11.3 Å². The fourth-order valence-corrected chi connectivity index (χ4v) is 3.71. The molecule has 17 heavy (non-hydrogen) atoms. The van der Waals surface area contributed by atoms with Crippen LogP contribution < -0.4 is 0 Å². The molecule has 96 valence electrons. The van der Waals surface area contributed by atoms with Crippen LogP contribution in [-0.2, 0) is 10.2 Å². The molecule has 1 aromatic rings. The number of rotatable bonds is 2. The Labute approximate surface area is 113 Å². The van der Waals surface area contributed by atoms with Gasteiger partial charge in [-0.1, -0.05) is 20.8 Å². The third-order valence-electron chi connectivity index (χ3n) is 3.28. The van der Waals surface area contributed by atoms with Gasteiger partial charge in [-0.15, -0.1) is 22.9 Å². The second-order valence-electron chi connectivity index (χ2n) is 5.99. The fourth-order valence-electron chi connectivity index (χ4n) is 2.19. The van der Waals surface area contributed by atoms with E-state index in [2.05, 4.69) is 39.8 Å². The number of alkyl halides is 1. The first-order chi connectivity index (χ1) is 7.88. The van der Waals surface area contributed by atoms with Crippen LogP contribution in [0, 0.1) is 5.92 Å². The van der Waals surface area contributed by atoms with Gasteiger partial charge in [0.1, 0.15) is 0 Å². The highest BCUT2D eigenvalue weighted by atomic mass is 35.5. The lowest BCUT2D eigenvalue weighted by molar-refractivity contribution is 0.120. The molecule has 3 unspecified atom stereocenters. The van der Waals surface area contributed by atoms with Crippen LogP contribution in [-0.4, -0.2) is 12.7 Å².